The Labute approximate surface area is 132 Å². The molecule has 118 valence electrons. The van der Waals surface area contributed by atoms with Crippen LogP contribution in [0.4, 0.5) is 11.4 Å². The number of anilines is 2. The Kier molecular flexibility index (Phi) is 4.26. The molecular weight excluding hydrogens is 300 g/mol. The van der Waals surface area contributed by atoms with E-state index in [4.69, 9.17) is 4.74 Å². The molecule has 0 aromatic heterocycles. The summed E-state index contributed by atoms with van der Waals surface area (Å²) in [5.41, 5.74) is 0.747. The van der Waals surface area contributed by atoms with E-state index in [1.54, 1.807) is 4.31 Å². The molecule has 1 aliphatic heterocycles. The number of ether oxygens (including phenoxy) is 1. The second-order valence-electron chi connectivity index (χ2n) is 5.10. The molecule has 22 heavy (non-hydrogen) atoms. The summed E-state index contributed by atoms with van der Waals surface area (Å²) >= 11 is 0. The van der Waals surface area contributed by atoms with Gasteiger partial charge in [0.25, 0.3) is 0 Å². The van der Waals surface area contributed by atoms with E-state index in [1.807, 2.05) is 61.6 Å². The van der Waals surface area contributed by atoms with E-state index in [9.17, 15) is 9.11 Å². The van der Waals surface area contributed by atoms with E-state index < -0.39 is 16.2 Å². The molecule has 3 rings (SSSR count). The predicted octanol–water partition coefficient (Wildman–Crippen LogP) is 3.82. The number of benzene rings is 2. The van der Waals surface area contributed by atoms with Crippen molar-refractivity contribution in [3.05, 3.63) is 54.6 Å². The molecule has 0 aliphatic carbocycles. The molecule has 0 spiro atoms. The third-order valence-corrected chi connectivity index (χ3v) is 5.57. The van der Waals surface area contributed by atoms with Gasteiger partial charge in [0, 0.05) is 13.0 Å². The van der Waals surface area contributed by atoms with Crippen molar-refractivity contribution < 1.29 is 13.8 Å². The van der Waals surface area contributed by atoms with Gasteiger partial charge in [0.05, 0.1) is 5.69 Å². The zero-order valence-electron chi connectivity index (χ0n) is 12.3. The van der Waals surface area contributed by atoms with Crippen LogP contribution in [0, 0.1) is 0 Å². The standard InChI is InChI=1S/C16H20N2O3S/c1-17-12-11-16-21-15-10-6-5-9-14(15)18(22(16,19)20)13-7-3-2-4-8-13/h2-10,16-17,19-20H,11-12H2,1H3/t16-/m0/s1. The number of rotatable bonds is 4. The molecule has 1 atom stereocenters. The maximum atomic E-state index is 10.8. The van der Waals surface area contributed by atoms with Crippen molar-refractivity contribution in [2.75, 3.05) is 17.9 Å². The van der Waals surface area contributed by atoms with Gasteiger partial charge in [-0.3, -0.25) is 9.11 Å². The number of nitrogens with zero attached hydrogens (tertiary/aromatic N) is 1. The van der Waals surface area contributed by atoms with E-state index in [2.05, 4.69) is 5.32 Å². The average Bonchev–Trinajstić information content (AvgIpc) is 2.53. The van der Waals surface area contributed by atoms with Crippen LogP contribution in [-0.4, -0.2) is 28.1 Å². The lowest BCUT2D eigenvalue weighted by Gasteiger charge is -2.51. The van der Waals surface area contributed by atoms with Crippen LogP contribution < -0.4 is 14.4 Å². The van der Waals surface area contributed by atoms with Gasteiger partial charge in [-0.15, -0.1) is 0 Å². The number of para-hydroxylation sites is 3. The summed E-state index contributed by atoms with van der Waals surface area (Å²) in [5, 5.41) is 3.02. The highest BCUT2D eigenvalue weighted by Crippen LogP contribution is 2.61. The molecule has 0 radical (unpaired) electrons. The maximum absolute atomic E-state index is 10.8. The lowest BCUT2D eigenvalue weighted by atomic mass is 10.2. The number of hydrogen-bond donors (Lipinski definition) is 3. The van der Waals surface area contributed by atoms with Gasteiger partial charge in [0.2, 0.25) is 5.44 Å². The fraction of sp³-hybridized carbons (Fsp3) is 0.250. The van der Waals surface area contributed by atoms with E-state index in [1.165, 1.54) is 0 Å². The maximum Gasteiger partial charge on any atom is 0.207 e. The average molecular weight is 320 g/mol. The van der Waals surface area contributed by atoms with E-state index in [0.717, 1.165) is 5.69 Å². The monoisotopic (exact) mass is 320 g/mol. The molecule has 0 saturated heterocycles. The third-order valence-electron chi connectivity index (χ3n) is 3.58. The lowest BCUT2D eigenvalue weighted by molar-refractivity contribution is 0.238. The predicted molar refractivity (Wildman–Crippen MR) is 90.8 cm³/mol. The highest BCUT2D eigenvalue weighted by atomic mass is 32.3. The van der Waals surface area contributed by atoms with Crippen LogP contribution in [0.3, 0.4) is 0 Å². The fourth-order valence-corrected chi connectivity index (χ4v) is 4.30. The second-order valence-corrected chi connectivity index (χ2v) is 7.11. The van der Waals surface area contributed by atoms with Crippen molar-refractivity contribution in [1.82, 2.24) is 5.32 Å². The van der Waals surface area contributed by atoms with Crippen molar-refractivity contribution in [3.8, 4) is 5.75 Å². The molecule has 6 heteroatoms. The lowest BCUT2D eigenvalue weighted by Crippen LogP contribution is -2.40. The minimum Gasteiger partial charge on any atom is -0.466 e. The van der Waals surface area contributed by atoms with Crippen LogP contribution in [0.15, 0.2) is 54.6 Å². The Balaban J connectivity index is 2.07. The SMILES string of the molecule is CNCC[C@H]1Oc2ccccc2N(c2ccccc2)S1(O)O. The molecule has 1 aliphatic rings. The Bertz CT molecular complexity index is 636. The first kappa shape index (κ1) is 15.2. The van der Waals surface area contributed by atoms with E-state index >= 15 is 0 Å². The largest absolute Gasteiger partial charge is 0.466 e. The van der Waals surface area contributed by atoms with Crippen molar-refractivity contribution in [1.29, 1.82) is 0 Å². The first-order valence-electron chi connectivity index (χ1n) is 7.17. The highest BCUT2D eigenvalue weighted by Gasteiger charge is 2.40. The van der Waals surface area contributed by atoms with Crippen LogP contribution >= 0.6 is 10.8 Å². The zero-order valence-corrected chi connectivity index (χ0v) is 13.2. The Morgan fingerprint density at radius 1 is 1.09 bits per heavy atom. The minimum atomic E-state index is -3.13. The molecule has 3 N–H and O–H groups in total. The molecule has 0 bridgehead atoms. The van der Waals surface area contributed by atoms with Gasteiger partial charge in [-0.25, -0.2) is 4.31 Å². The summed E-state index contributed by atoms with van der Waals surface area (Å²) in [6, 6.07) is 16.8. The van der Waals surface area contributed by atoms with Gasteiger partial charge in [-0.05, 0) is 31.3 Å². The van der Waals surface area contributed by atoms with Crippen LogP contribution in [0.2, 0.25) is 0 Å². The molecule has 1 heterocycles. The summed E-state index contributed by atoms with van der Waals surface area (Å²) < 4.78 is 29.1. The fourth-order valence-electron chi connectivity index (χ4n) is 2.53. The molecule has 5 nitrogen and oxygen atoms in total. The van der Waals surface area contributed by atoms with Crippen LogP contribution in [0.1, 0.15) is 6.42 Å². The Hall–Kier alpha value is -1.73. The van der Waals surface area contributed by atoms with Gasteiger partial charge < -0.3 is 10.1 Å². The van der Waals surface area contributed by atoms with Gasteiger partial charge in [0.1, 0.15) is 11.4 Å². The molecule has 2 aromatic carbocycles. The van der Waals surface area contributed by atoms with Crippen LogP contribution in [0.5, 0.6) is 5.75 Å². The van der Waals surface area contributed by atoms with Crippen LogP contribution in [-0.2, 0) is 0 Å². The van der Waals surface area contributed by atoms with Crippen molar-refractivity contribution in [2.24, 2.45) is 0 Å². The summed E-state index contributed by atoms with van der Waals surface area (Å²) in [4.78, 5) is 0. The summed E-state index contributed by atoms with van der Waals surface area (Å²) in [5.74, 6) is 0.665. The number of hydrogen-bond acceptors (Lipinski definition) is 5. The normalized spacial score (nSPS) is 20.9. The smallest absolute Gasteiger partial charge is 0.207 e. The minimum absolute atomic E-state index is 0.510. The second kappa shape index (κ2) is 6.18. The van der Waals surface area contributed by atoms with Crippen molar-refractivity contribution >= 4 is 22.2 Å². The summed E-state index contributed by atoms with van der Waals surface area (Å²) in [7, 11) is -1.30. The topological polar surface area (TPSA) is 65.0 Å². The Morgan fingerprint density at radius 2 is 1.77 bits per heavy atom. The van der Waals surface area contributed by atoms with Crippen molar-refractivity contribution in [3.63, 3.8) is 0 Å². The number of fused-ring (bicyclic) bond motifs is 1. The van der Waals surface area contributed by atoms with Gasteiger partial charge in [-0.1, -0.05) is 41.1 Å². The first-order valence-corrected chi connectivity index (χ1v) is 8.74. The molecule has 0 saturated carbocycles. The molecule has 0 unspecified atom stereocenters. The Morgan fingerprint density at radius 3 is 2.50 bits per heavy atom. The van der Waals surface area contributed by atoms with Crippen LogP contribution in [0.25, 0.3) is 0 Å². The zero-order chi connectivity index (χ0) is 15.6. The van der Waals surface area contributed by atoms with Gasteiger partial charge in [0.15, 0.2) is 0 Å². The van der Waals surface area contributed by atoms with Gasteiger partial charge >= 0.3 is 0 Å². The van der Waals surface area contributed by atoms with E-state index in [0.29, 0.717) is 24.4 Å². The van der Waals surface area contributed by atoms with Gasteiger partial charge in [-0.2, -0.15) is 0 Å². The summed E-state index contributed by atoms with van der Waals surface area (Å²) in [6.07, 6.45) is 0.510. The molecule has 2 aromatic rings. The molecule has 0 fully saturated rings. The summed E-state index contributed by atoms with van der Waals surface area (Å²) in [6.45, 7) is 0.644. The quantitative estimate of drug-likeness (QED) is 0.799. The van der Waals surface area contributed by atoms with E-state index in [-0.39, 0.29) is 0 Å². The third kappa shape index (κ3) is 2.66. The number of nitrogens with one attached hydrogen (secondary N) is 1. The first-order chi connectivity index (χ1) is 10.6. The highest BCUT2D eigenvalue weighted by molar-refractivity contribution is 8.26. The molecule has 0 amide bonds. The molecular formula is C16H20N2O3S. The van der Waals surface area contributed by atoms with Crippen molar-refractivity contribution in [2.45, 2.75) is 11.9 Å².